The molecule has 0 aliphatic carbocycles. The zero-order valence-corrected chi connectivity index (χ0v) is 17.4. The van der Waals surface area contributed by atoms with Gasteiger partial charge in [0.2, 0.25) is 0 Å². The summed E-state index contributed by atoms with van der Waals surface area (Å²) < 4.78 is 16.0. The molecule has 0 fully saturated rings. The second-order valence-electron chi connectivity index (χ2n) is 7.24. The molecule has 0 saturated carbocycles. The summed E-state index contributed by atoms with van der Waals surface area (Å²) in [5.41, 5.74) is 0.998. The maximum Gasteiger partial charge on any atom is 0.338 e. The predicted octanol–water partition coefficient (Wildman–Crippen LogP) is 3.43. The van der Waals surface area contributed by atoms with E-state index in [4.69, 9.17) is 20.6 Å². The highest BCUT2D eigenvalue weighted by Crippen LogP contribution is 2.38. The van der Waals surface area contributed by atoms with Gasteiger partial charge in [0.1, 0.15) is 13.2 Å². The van der Waals surface area contributed by atoms with Gasteiger partial charge in [0.25, 0.3) is 0 Å². The first-order valence-electron chi connectivity index (χ1n) is 9.43. The molecule has 30 heavy (non-hydrogen) atoms. The summed E-state index contributed by atoms with van der Waals surface area (Å²) in [5.74, 6) is 1.37. The van der Waals surface area contributed by atoms with Gasteiger partial charge in [-0.25, -0.2) is 4.79 Å². The van der Waals surface area contributed by atoms with E-state index in [1.54, 1.807) is 32.0 Å². The molecule has 0 bridgehead atoms. The molecule has 0 spiro atoms. The average Bonchev–Trinajstić information content (AvgIpc) is 2.77. The van der Waals surface area contributed by atoms with Crippen LogP contribution in [0.2, 0.25) is 0 Å². The van der Waals surface area contributed by atoms with Gasteiger partial charge >= 0.3 is 11.9 Å². The summed E-state index contributed by atoms with van der Waals surface area (Å²) in [6, 6.07) is 14.1. The molecule has 0 amide bonds. The van der Waals surface area contributed by atoms with Crippen LogP contribution in [0.3, 0.4) is 0 Å². The normalized spacial score (nSPS) is 12.0. The summed E-state index contributed by atoms with van der Waals surface area (Å²) >= 11 is 0. The Hall–Kier alpha value is -3.14. The second kappa shape index (κ2) is 10.6. The SMILES string of the molecule is C#CCOC(c1ccc(C(=O)OCc2ccccc2)c(CO)c1)C(C)(C)C(=O)OC. The van der Waals surface area contributed by atoms with Crippen molar-refractivity contribution < 1.29 is 28.9 Å². The maximum atomic E-state index is 12.5. The van der Waals surface area contributed by atoms with E-state index in [0.717, 1.165) is 5.56 Å². The molecule has 0 aromatic heterocycles. The van der Waals surface area contributed by atoms with Crippen molar-refractivity contribution in [2.45, 2.75) is 33.2 Å². The number of rotatable bonds is 9. The number of benzene rings is 2. The molecule has 6 heteroatoms. The van der Waals surface area contributed by atoms with Crippen LogP contribution in [0.4, 0.5) is 0 Å². The highest BCUT2D eigenvalue weighted by molar-refractivity contribution is 5.91. The molecule has 1 atom stereocenters. The van der Waals surface area contributed by atoms with E-state index < -0.39 is 23.5 Å². The number of carbonyl (C=O) groups is 2. The van der Waals surface area contributed by atoms with Crippen LogP contribution in [0.5, 0.6) is 0 Å². The highest BCUT2D eigenvalue weighted by atomic mass is 16.5. The lowest BCUT2D eigenvalue weighted by molar-refractivity contribution is -0.160. The van der Waals surface area contributed by atoms with Crippen molar-refractivity contribution in [2.75, 3.05) is 13.7 Å². The van der Waals surface area contributed by atoms with Crippen LogP contribution >= 0.6 is 0 Å². The number of terminal acetylenes is 1. The molecule has 2 aromatic carbocycles. The number of ether oxygens (including phenoxy) is 3. The number of esters is 2. The Morgan fingerprint density at radius 3 is 2.47 bits per heavy atom. The Morgan fingerprint density at radius 1 is 1.17 bits per heavy atom. The van der Waals surface area contributed by atoms with Gasteiger partial charge in [-0.1, -0.05) is 42.3 Å². The Morgan fingerprint density at radius 2 is 1.87 bits per heavy atom. The first kappa shape index (κ1) is 23.1. The van der Waals surface area contributed by atoms with Crippen molar-refractivity contribution in [2.24, 2.45) is 5.41 Å². The summed E-state index contributed by atoms with van der Waals surface area (Å²) in [5, 5.41) is 9.82. The molecular formula is C24H26O6. The number of hydrogen-bond donors (Lipinski definition) is 1. The van der Waals surface area contributed by atoms with Gasteiger partial charge in [0.05, 0.1) is 30.8 Å². The third kappa shape index (κ3) is 5.47. The first-order valence-corrected chi connectivity index (χ1v) is 9.43. The van der Waals surface area contributed by atoms with Crippen LogP contribution in [0.15, 0.2) is 48.5 Å². The molecule has 0 aliphatic rings. The monoisotopic (exact) mass is 410 g/mol. The number of aliphatic hydroxyl groups is 1. The van der Waals surface area contributed by atoms with E-state index in [0.29, 0.717) is 11.1 Å². The Labute approximate surface area is 176 Å². The topological polar surface area (TPSA) is 82.1 Å². The average molecular weight is 410 g/mol. The number of carbonyl (C=O) groups excluding carboxylic acids is 2. The minimum absolute atomic E-state index is 0.0135. The van der Waals surface area contributed by atoms with E-state index in [1.807, 2.05) is 30.3 Å². The third-order valence-electron chi connectivity index (χ3n) is 4.74. The molecule has 0 saturated heterocycles. The fraction of sp³-hybridized carbons (Fsp3) is 0.333. The molecule has 0 heterocycles. The molecule has 0 radical (unpaired) electrons. The van der Waals surface area contributed by atoms with E-state index in [1.165, 1.54) is 7.11 Å². The largest absolute Gasteiger partial charge is 0.469 e. The number of methoxy groups -OCH3 is 1. The fourth-order valence-corrected chi connectivity index (χ4v) is 3.13. The first-order chi connectivity index (χ1) is 14.3. The lowest BCUT2D eigenvalue weighted by atomic mass is 9.81. The lowest BCUT2D eigenvalue weighted by Crippen LogP contribution is -2.34. The number of hydrogen-bond acceptors (Lipinski definition) is 6. The van der Waals surface area contributed by atoms with Gasteiger partial charge in [-0.2, -0.15) is 0 Å². The third-order valence-corrected chi connectivity index (χ3v) is 4.74. The van der Waals surface area contributed by atoms with Crippen molar-refractivity contribution in [1.82, 2.24) is 0 Å². The van der Waals surface area contributed by atoms with Crippen molar-refractivity contribution >= 4 is 11.9 Å². The van der Waals surface area contributed by atoms with Gasteiger partial charge in [-0.15, -0.1) is 6.42 Å². The van der Waals surface area contributed by atoms with E-state index in [9.17, 15) is 14.7 Å². The standard InChI is InChI=1S/C24H26O6/c1-5-13-29-21(24(2,3)23(27)28-4)18-11-12-20(19(14-18)15-25)22(26)30-16-17-9-7-6-8-10-17/h1,6-12,14,21,25H,13,15-16H2,2-4H3. The van der Waals surface area contributed by atoms with E-state index in [2.05, 4.69) is 5.92 Å². The van der Waals surface area contributed by atoms with Gasteiger partial charge < -0.3 is 19.3 Å². The van der Waals surface area contributed by atoms with Crippen molar-refractivity contribution in [3.8, 4) is 12.3 Å². The predicted molar refractivity (Wildman–Crippen MR) is 111 cm³/mol. The van der Waals surface area contributed by atoms with Crippen molar-refractivity contribution in [1.29, 1.82) is 0 Å². The lowest BCUT2D eigenvalue weighted by Gasteiger charge is -2.32. The summed E-state index contributed by atoms with van der Waals surface area (Å²) in [6.07, 6.45) is 4.58. The fourth-order valence-electron chi connectivity index (χ4n) is 3.13. The van der Waals surface area contributed by atoms with Crippen LogP contribution in [0.25, 0.3) is 0 Å². The summed E-state index contributed by atoms with van der Waals surface area (Å²) in [7, 11) is 1.30. The summed E-state index contributed by atoms with van der Waals surface area (Å²) in [6.45, 7) is 3.08. The Bertz CT molecular complexity index is 911. The minimum atomic E-state index is -1.05. The van der Waals surface area contributed by atoms with Gasteiger partial charge in [-0.3, -0.25) is 4.79 Å². The zero-order valence-electron chi connectivity index (χ0n) is 17.4. The van der Waals surface area contributed by atoms with E-state index >= 15 is 0 Å². The molecule has 1 unspecified atom stereocenters. The minimum Gasteiger partial charge on any atom is -0.469 e. The quantitative estimate of drug-likeness (QED) is 0.504. The molecular weight excluding hydrogens is 384 g/mol. The van der Waals surface area contributed by atoms with Gasteiger partial charge in [-0.05, 0) is 42.7 Å². The van der Waals surface area contributed by atoms with Crippen LogP contribution < -0.4 is 0 Å². The maximum absolute atomic E-state index is 12.5. The van der Waals surface area contributed by atoms with Crippen molar-refractivity contribution in [3.05, 3.63) is 70.8 Å². The molecule has 6 nitrogen and oxygen atoms in total. The molecule has 2 aromatic rings. The molecule has 2 rings (SSSR count). The molecule has 158 valence electrons. The summed E-state index contributed by atoms with van der Waals surface area (Å²) in [4.78, 5) is 24.8. The van der Waals surface area contributed by atoms with Crippen molar-refractivity contribution in [3.63, 3.8) is 0 Å². The van der Waals surface area contributed by atoms with Crippen LogP contribution in [0.1, 0.15) is 47.0 Å². The number of aliphatic hydroxyl groups excluding tert-OH is 1. The van der Waals surface area contributed by atoms with Gasteiger partial charge in [0, 0.05) is 0 Å². The molecule has 1 N–H and O–H groups in total. The van der Waals surface area contributed by atoms with Crippen LogP contribution in [-0.2, 0) is 32.2 Å². The zero-order chi connectivity index (χ0) is 22.1. The smallest absolute Gasteiger partial charge is 0.338 e. The van der Waals surface area contributed by atoms with E-state index in [-0.39, 0.29) is 25.4 Å². The van der Waals surface area contributed by atoms with Gasteiger partial charge in [0.15, 0.2) is 0 Å². The van der Waals surface area contributed by atoms with Crippen LogP contribution in [0, 0.1) is 17.8 Å². The van der Waals surface area contributed by atoms with Crippen LogP contribution in [-0.4, -0.2) is 30.8 Å². The highest BCUT2D eigenvalue weighted by Gasteiger charge is 2.40. The Kier molecular flexibility index (Phi) is 8.16. The Balaban J connectivity index is 2.30. The second-order valence-corrected chi connectivity index (χ2v) is 7.24. The molecule has 0 aliphatic heterocycles.